The molecule has 0 aromatic rings. The standard InChI is InChI=1S/C2H7N2.C2H7N.4C2H6.CH6N2.2CH3.H2N.V.W/c1-4-2-3;1-2-3;4*1-2;2-1-3;;;;;/h3-4H,2H2,1H3;2-3H2,1H3;4*1-2H3;1-3H2;2*1H3;1H2;;/q-1;;;;;;;3*-1;2*+2. The van der Waals surface area contributed by atoms with Crippen LogP contribution in [0.4, 0.5) is 0 Å². The van der Waals surface area contributed by atoms with Gasteiger partial charge in [0.05, 0.1) is 0 Å². The first kappa shape index (κ1) is 88.1. The van der Waals surface area contributed by atoms with Crippen molar-refractivity contribution < 1.29 is 39.6 Å². The van der Waals surface area contributed by atoms with Crippen molar-refractivity contribution in [2.24, 2.45) is 17.2 Å². The Balaban J connectivity index is -0.00000000603. The van der Waals surface area contributed by atoms with Crippen LogP contribution in [0.5, 0.6) is 0 Å². The molecule has 10 N–H and O–H groups in total. The van der Waals surface area contributed by atoms with E-state index in [4.69, 9.17) is 11.5 Å². The van der Waals surface area contributed by atoms with Crippen LogP contribution in [0.2, 0.25) is 0 Å². The second-order valence-corrected chi connectivity index (χ2v) is 1.17. The predicted octanol–water partition coefficient (Wildman–Crippen LogP) is 4.76. The number of hydrogen-bond acceptors (Lipinski definition) is 4. The molecule has 0 aliphatic heterocycles. The largest absolute Gasteiger partial charge is 2.00 e. The molecular formula is C15H52N6VW. The van der Waals surface area contributed by atoms with E-state index in [1.807, 2.05) is 62.3 Å². The monoisotopic (exact) mass is 551 g/mol. The molecule has 0 unspecified atom stereocenters. The Morgan fingerprint density at radius 2 is 0.826 bits per heavy atom. The van der Waals surface area contributed by atoms with Gasteiger partial charge in [0.25, 0.3) is 0 Å². The summed E-state index contributed by atoms with van der Waals surface area (Å²) in [5.74, 6) is 0. The Kier molecular flexibility index (Phi) is 1690. The zero-order valence-corrected chi connectivity index (χ0v) is 22.6. The van der Waals surface area contributed by atoms with Crippen LogP contribution in [-0.4, -0.2) is 26.9 Å². The molecule has 0 saturated heterocycles. The fourth-order valence-corrected chi connectivity index (χ4v) is 0. The van der Waals surface area contributed by atoms with Gasteiger partial charge >= 0.3 is 39.6 Å². The van der Waals surface area contributed by atoms with Gasteiger partial charge in [0.15, 0.2) is 0 Å². The van der Waals surface area contributed by atoms with Gasteiger partial charge in [-0.05, 0) is 13.6 Å². The average molecular weight is 551 g/mol. The molecule has 0 aromatic carbocycles. The van der Waals surface area contributed by atoms with Gasteiger partial charge in [-0.3, -0.25) is 0 Å². The van der Waals surface area contributed by atoms with Gasteiger partial charge < -0.3 is 49.3 Å². The number of hydrogen-bond donors (Lipinski definition) is 4. The summed E-state index contributed by atoms with van der Waals surface area (Å²) in [5.41, 5.74) is 20.4. The molecule has 0 aliphatic rings. The summed E-state index contributed by atoms with van der Waals surface area (Å²) in [6.45, 7) is 19.2. The van der Waals surface area contributed by atoms with Crippen molar-refractivity contribution in [3.05, 3.63) is 26.7 Å². The van der Waals surface area contributed by atoms with Gasteiger partial charge in [0, 0.05) is 6.67 Å². The van der Waals surface area contributed by atoms with Crippen LogP contribution in [0, 0.1) is 14.9 Å². The molecule has 0 rings (SSSR count). The zero-order chi connectivity index (χ0) is 16.8. The van der Waals surface area contributed by atoms with Crippen molar-refractivity contribution in [1.82, 2.24) is 5.32 Å². The molecule has 1 radical (unpaired) electrons. The van der Waals surface area contributed by atoms with Crippen LogP contribution in [0.1, 0.15) is 62.3 Å². The fourth-order valence-electron chi connectivity index (χ4n) is 0. The summed E-state index contributed by atoms with van der Waals surface area (Å²) in [6, 6.07) is 0. The van der Waals surface area contributed by atoms with Crippen molar-refractivity contribution in [2.45, 2.75) is 62.3 Å². The average Bonchev–Trinajstić information content (AvgIpc) is 2.49. The number of nitrogens with two attached hydrogens (primary N) is 4. The van der Waals surface area contributed by atoms with Gasteiger partial charge in [-0.25, -0.2) is 0 Å². The smallest absolute Gasteiger partial charge is 0.693 e. The quantitative estimate of drug-likeness (QED) is 0.275. The minimum Gasteiger partial charge on any atom is -0.693 e. The summed E-state index contributed by atoms with van der Waals surface area (Å²) in [7, 11) is 1.74. The third-order valence-corrected chi connectivity index (χ3v) is 0.177. The Morgan fingerprint density at radius 1 is 0.783 bits per heavy atom. The molecule has 0 aromatic heterocycles. The molecule has 0 fully saturated rings. The molecule has 0 bridgehead atoms. The maximum absolute atomic E-state index is 6.34. The molecular weight excluding hydrogens is 499 g/mol. The Bertz CT molecular complexity index is 41.9. The first-order valence-corrected chi connectivity index (χ1v) is 7.14. The molecule has 0 saturated carbocycles. The maximum Gasteiger partial charge on any atom is 2.00 e. The van der Waals surface area contributed by atoms with Gasteiger partial charge in [-0.15, -0.1) is 6.67 Å². The Hall–Kier alpha value is 1.03. The van der Waals surface area contributed by atoms with Crippen LogP contribution in [0.15, 0.2) is 0 Å². The minimum atomic E-state index is 0. The third kappa shape index (κ3) is 2470. The van der Waals surface area contributed by atoms with E-state index in [-0.39, 0.29) is 67.3 Å². The predicted molar refractivity (Wildman–Crippen MR) is 110 cm³/mol. The van der Waals surface area contributed by atoms with Crippen LogP contribution < -0.4 is 22.5 Å². The molecule has 153 valence electrons. The SMILES string of the molecule is CC.CC.CC.CC.CCN.CNC[NH-].NCN.[CH3-].[CH3-].[NH2-].[V+2].[W+2]. The fraction of sp³-hybridized carbons (Fsp3) is 0.867. The third-order valence-electron chi connectivity index (χ3n) is 0.177. The molecule has 0 atom stereocenters. The van der Waals surface area contributed by atoms with Gasteiger partial charge in [-0.1, -0.05) is 62.3 Å². The molecule has 8 heteroatoms. The molecule has 0 heterocycles. The van der Waals surface area contributed by atoms with Crippen molar-refractivity contribution in [1.29, 1.82) is 0 Å². The van der Waals surface area contributed by atoms with Crippen LogP contribution in [-0.2, 0) is 39.6 Å². The van der Waals surface area contributed by atoms with Crippen LogP contribution in [0.3, 0.4) is 0 Å². The first-order valence-electron chi connectivity index (χ1n) is 7.14. The summed E-state index contributed by atoms with van der Waals surface area (Å²) in [5, 5.41) is 2.60. The maximum atomic E-state index is 6.34. The normalized spacial score (nSPS) is 3.91. The van der Waals surface area contributed by atoms with Gasteiger partial charge in [0.1, 0.15) is 0 Å². The van der Waals surface area contributed by atoms with Crippen LogP contribution in [0.25, 0.3) is 11.9 Å². The van der Waals surface area contributed by atoms with Crippen molar-refractivity contribution >= 4 is 0 Å². The van der Waals surface area contributed by atoms with Gasteiger partial charge in [0.2, 0.25) is 0 Å². The zero-order valence-electron chi connectivity index (χ0n) is 18.3. The Morgan fingerprint density at radius 3 is 0.826 bits per heavy atom. The molecule has 0 aliphatic carbocycles. The van der Waals surface area contributed by atoms with Gasteiger partial charge in [-0.2, -0.15) is 0 Å². The summed E-state index contributed by atoms with van der Waals surface area (Å²) in [4.78, 5) is 0. The van der Waals surface area contributed by atoms with E-state index in [0.717, 1.165) is 6.54 Å². The second kappa shape index (κ2) is 441. The van der Waals surface area contributed by atoms with Crippen molar-refractivity contribution in [2.75, 3.05) is 26.9 Å². The summed E-state index contributed by atoms with van der Waals surface area (Å²) >= 11 is 0. The molecule has 0 amide bonds. The number of nitrogens with one attached hydrogen (secondary N) is 2. The van der Waals surface area contributed by atoms with E-state index in [9.17, 15) is 0 Å². The van der Waals surface area contributed by atoms with E-state index >= 15 is 0 Å². The van der Waals surface area contributed by atoms with Crippen LogP contribution >= 0.6 is 0 Å². The van der Waals surface area contributed by atoms with E-state index in [2.05, 4.69) is 16.8 Å². The second-order valence-electron chi connectivity index (χ2n) is 1.17. The summed E-state index contributed by atoms with van der Waals surface area (Å²) < 4.78 is 0. The molecule has 23 heavy (non-hydrogen) atoms. The van der Waals surface area contributed by atoms with E-state index < -0.39 is 0 Å². The minimum absolute atomic E-state index is 0. The van der Waals surface area contributed by atoms with E-state index in [0.29, 0.717) is 6.67 Å². The summed E-state index contributed by atoms with van der Waals surface area (Å²) in [6.07, 6.45) is 0. The van der Waals surface area contributed by atoms with E-state index in [1.54, 1.807) is 7.05 Å². The Labute approximate surface area is 177 Å². The molecule has 6 nitrogen and oxygen atoms in total. The van der Waals surface area contributed by atoms with E-state index in [1.165, 1.54) is 0 Å². The molecule has 0 spiro atoms. The van der Waals surface area contributed by atoms with Crippen molar-refractivity contribution in [3.63, 3.8) is 0 Å². The van der Waals surface area contributed by atoms with Crippen molar-refractivity contribution in [3.8, 4) is 0 Å². The number of rotatable bonds is 1. The topological polar surface area (TPSA) is 147 Å². The first-order chi connectivity index (χ1) is 8.74.